The molecular formula is C12H19NS. The highest BCUT2D eigenvalue weighted by Gasteiger charge is 2.01. The molecule has 0 rings (SSSR count). The van der Waals surface area contributed by atoms with E-state index in [4.69, 9.17) is 0 Å². The second-order valence-electron chi connectivity index (χ2n) is 2.91. The lowest BCUT2D eigenvalue weighted by Crippen LogP contribution is -1.96. The maximum Gasteiger partial charge on any atom is 0.0888 e. The standard InChI is InChI=1S/C12H19NS/c1-5-8-9-13-11(4)14-10-12(6-2)7-3/h5-6,8-9,12H,2,4,7,10H2,1,3H3/b8-5-,13-9-. The van der Waals surface area contributed by atoms with E-state index in [-0.39, 0.29) is 0 Å². The van der Waals surface area contributed by atoms with Crippen LogP contribution in [0.4, 0.5) is 0 Å². The number of aliphatic imine (C=N–C) groups is 1. The molecule has 0 saturated heterocycles. The molecule has 0 aromatic heterocycles. The number of hydrogen-bond donors (Lipinski definition) is 0. The molecule has 0 aromatic rings. The molecule has 0 radical (unpaired) electrons. The number of allylic oxidation sites excluding steroid dienone is 3. The number of thioether (sulfide) groups is 1. The summed E-state index contributed by atoms with van der Waals surface area (Å²) in [5, 5.41) is 0.864. The molecule has 1 unspecified atom stereocenters. The van der Waals surface area contributed by atoms with Crippen molar-refractivity contribution in [2.24, 2.45) is 10.9 Å². The zero-order valence-corrected chi connectivity index (χ0v) is 9.89. The van der Waals surface area contributed by atoms with E-state index < -0.39 is 0 Å². The fourth-order valence-corrected chi connectivity index (χ4v) is 1.72. The van der Waals surface area contributed by atoms with Crippen molar-refractivity contribution >= 4 is 18.0 Å². The maximum absolute atomic E-state index is 4.18. The lowest BCUT2D eigenvalue weighted by Gasteiger charge is -2.07. The lowest BCUT2D eigenvalue weighted by atomic mass is 10.1. The van der Waals surface area contributed by atoms with Gasteiger partial charge in [-0.3, -0.25) is 4.99 Å². The van der Waals surface area contributed by atoms with Gasteiger partial charge in [0.05, 0.1) is 5.03 Å². The Balaban J connectivity index is 3.78. The van der Waals surface area contributed by atoms with Gasteiger partial charge in [-0.15, -0.1) is 18.3 Å². The van der Waals surface area contributed by atoms with Gasteiger partial charge in [-0.25, -0.2) is 0 Å². The van der Waals surface area contributed by atoms with Gasteiger partial charge in [-0.2, -0.15) is 0 Å². The van der Waals surface area contributed by atoms with Crippen LogP contribution in [0, 0.1) is 5.92 Å². The van der Waals surface area contributed by atoms with Gasteiger partial charge >= 0.3 is 0 Å². The predicted molar refractivity (Wildman–Crippen MR) is 68.9 cm³/mol. The van der Waals surface area contributed by atoms with E-state index in [9.17, 15) is 0 Å². The van der Waals surface area contributed by atoms with Gasteiger partial charge in [-0.1, -0.05) is 25.7 Å². The topological polar surface area (TPSA) is 12.4 Å². The summed E-state index contributed by atoms with van der Waals surface area (Å²) >= 11 is 1.69. The van der Waals surface area contributed by atoms with Gasteiger partial charge in [0.25, 0.3) is 0 Å². The number of rotatable bonds is 7. The van der Waals surface area contributed by atoms with Gasteiger partial charge < -0.3 is 0 Å². The zero-order valence-electron chi connectivity index (χ0n) is 9.07. The van der Waals surface area contributed by atoms with E-state index in [0.717, 1.165) is 17.2 Å². The average molecular weight is 209 g/mol. The van der Waals surface area contributed by atoms with Crippen molar-refractivity contribution in [3.8, 4) is 0 Å². The molecule has 0 spiro atoms. The highest BCUT2D eigenvalue weighted by Crippen LogP contribution is 2.20. The molecule has 0 aromatic carbocycles. The monoisotopic (exact) mass is 209 g/mol. The van der Waals surface area contributed by atoms with Gasteiger partial charge in [-0.05, 0) is 25.3 Å². The molecule has 2 heteroatoms. The Hall–Kier alpha value is -0.760. The van der Waals surface area contributed by atoms with E-state index in [0.29, 0.717) is 5.92 Å². The molecule has 1 nitrogen and oxygen atoms in total. The molecule has 0 aliphatic heterocycles. The largest absolute Gasteiger partial charge is 0.251 e. The second-order valence-corrected chi connectivity index (χ2v) is 4.01. The number of hydrogen-bond acceptors (Lipinski definition) is 2. The smallest absolute Gasteiger partial charge is 0.0888 e. The van der Waals surface area contributed by atoms with Crippen LogP contribution < -0.4 is 0 Å². The summed E-state index contributed by atoms with van der Waals surface area (Å²) in [6, 6.07) is 0. The molecule has 0 bridgehead atoms. The molecule has 0 saturated carbocycles. The molecule has 0 aliphatic carbocycles. The first-order valence-corrected chi connectivity index (χ1v) is 5.82. The van der Waals surface area contributed by atoms with Gasteiger partial charge in [0, 0.05) is 12.0 Å². The van der Waals surface area contributed by atoms with Crippen molar-refractivity contribution in [2.45, 2.75) is 20.3 Å². The van der Waals surface area contributed by atoms with Crippen molar-refractivity contribution in [1.82, 2.24) is 0 Å². The quantitative estimate of drug-likeness (QED) is 0.455. The van der Waals surface area contributed by atoms with Crippen molar-refractivity contribution in [2.75, 3.05) is 5.75 Å². The van der Waals surface area contributed by atoms with Crippen LogP contribution in [0.15, 0.2) is 41.4 Å². The minimum atomic E-state index is 0.564. The van der Waals surface area contributed by atoms with Crippen LogP contribution in [-0.2, 0) is 0 Å². The maximum atomic E-state index is 4.18. The van der Waals surface area contributed by atoms with Crippen molar-refractivity contribution in [3.63, 3.8) is 0 Å². The van der Waals surface area contributed by atoms with Gasteiger partial charge in [0.1, 0.15) is 0 Å². The SMILES string of the molecule is C=CC(CC)CSC(=C)/N=C\C=C/C. The second kappa shape index (κ2) is 8.82. The Morgan fingerprint density at radius 3 is 2.79 bits per heavy atom. The molecule has 0 aliphatic rings. The summed E-state index contributed by atoms with van der Waals surface area (Å²) in [5.41, 5.74) is 0. The summed E-state index contributed by atoms with van der Waals surface area (Å²) in [5.74, 6) is 1.58. The summed E-state index contributed by atoms with van der Waals surface area (Å²) in [7, 11) is 0. The van der Waals surface area contributed by atoms with Crippen LogP contribution in [0.3, 0.4) is 0 Å². The van der Waals surface area contributed by atoms with Crippen LogP contribution in [0.25, 0.3) is 0 Å². The van der Waals surface area contributed by atoms with Crippen molar-refractivity contribution in [1.29, 1.82) is 0 Å². The third-order valence-corrected chi connectivity index (χ3v) is 2.85. The Bertz CT molecular complexity index is 228. The first-order valence-electron chi connectivity index (χ1n) is 4.84. The average Bonchev–Trinajstić information content (AvgIpc) is 2.20. The van der Waals surface area contributed by atoms with E-state index in [1.165, 1.54) is 0 Å². The highest BCUT2D eigenvalue weighted by atomic mass is 32.2. The summed E-state index contributed by atoms with van der Waals surface area (Å²) in [6.45, 7) is 11.8. The van der Waals surface area contributed by atoms with Crippen LogP contribution in [-0.4, -0.2) is 12.0 Å². The molecular weight excluding hydrogens is 190 g/mol. The van der Waals surface area contributed by atoms with E-state index >= 15 is 0 Å². The Morgan fingerprint density at radius 1 is 1.57 bits per heavy atom. The van der Waals surface area contributed by atoms with Crippen molar-refractivity contribution < 1.29 is 0 Å². The van der Waals surface area contributed by atoms with E-state index in [2.05, 4.69) is 25.1 Å². The molecule has 0 heterocycles. The molecule has 0 amide bonds. The Morgan fingerprint density at radius 2 is 2.29 bits per heavy atom. The van der Waals surface area contributed by atoms with Crippen molar-refractivity contribution in [3.05, 3.63) is 36.4 Å². The van der Waals surface area contributed by atoms with Crippen LogP contribution in [0.5, 0.6) is 0 Å². The first kappa shape index (κ1) is 13.2. The summed E-state index contributed by atoms with van der Waals surface area (Å²) in [4.78, 5) is 4.18. The minimum Gasteiger partial charge on any atom is -0.251 e. The van der Waals surface area contributed by atoms with Crippen LogP contribution in [0.1, 0.15) is 20.3 Å². The third kappa shape index (κ3) is 6.72. The van der Waals surface area contributed by atoms with E-state index in [1.54, 1.807) is 18.0 Å². The van der Waals surface area contributed by atoms with Gasteiger partial charge in [0.2, 0.25) is 0 Å². The van der Waals surface area contributed by atoms with E-state index in [1.807, 2.05) is 25.2 Å². The molecule has 0 fully saturated rings. The zero-order chi connectivity index (χ0) is 10.8. The van der Waals surface area contributed by atoms with Crippen LogP contribution >= 0.6 is 11.8 Å². The minimum absolute atomic E-state index is 0.564. The number of nitrogens with zero attached hydrogens (tertiary/aromatic N) is 1. The normalized spacial score (nSPS) is 13.6. The van der Waals surface area contributed by atoms with Gasteiger partial charge in [0.15, 0.2) is 0 Å². The first-order chi connectivity index (χ1) is 6.74. The molecule has 1 atom stereocenters. The lowest BCUT2D eigenvalue weighted by molar-refractivity contribution is 0.712. The summed E-state index contributed by atoms with van der Waals surface area (Å²) < 4.78 is 0. The summed E-state index contributed by atoms with van der Waals surface area (Å²) in [6.07, 6.45) is 8.74. The Labute approximate surface area is 91.7 Å². The molecule has 0 N–H and O–H groups in total. The fourth-order valence-electron chi connectivity index (χ4n) is 0.805. The van der Waals surface area contributed by atoms with Crippen LogP contribution in [0.2, 0.25) is 0 Å². The third-order valence-electron chi connectivity index (χ3n) is 1.82. The predicted octanol–water partition coefficient (Wildman–Crippen LogP) is 4.05. The molecule has 14 heavy (non-hydrogen) atoms. The Kier molecular flexibility index (Phi) is 8.34. The fraction of sp³-hybridized carbons (Fsp3) is 0.417. The molecule has 78 valence electrons. The highest BCUT2D eigenvalue weighted by molar-refractivity contribution is 8.03.